The number of rotatable bonds is 4. The van der Waals surface area contributed by atoms with Crippen molar-refractivity contribution in [2.75, 3.05) is 0 Å². The van der Waals surface area contributed by atoms with Crippen molar-refractivity contribution < 1.29 is 9.18 Å². The van der Waals surface area contributed by atoms with E-state index < -0.39 is 11.6 Å². The molecule has 0 atom stereocenters. The van der Waals surface area contributed by atoms with Gasteiger partial charge in [-0.05, 0) is 30.2 Å². The van der Waals surface area contributed by atoms with Crippen molar-refractivity contribution in [3.8, 4) is 0 Å². The Balaban J connectivity index is 2.26. The van der Waals surface area contributed by atoms with Gasteiger partial charge >= 0.3 is 0 Å². The third kappa shape index (κ3) is 4.16. The number of ketones is 1. The van der Waals surface area contributed by atoms with Crippen LogP contribution in [0.15, 0.2) is 48.5 Å². The van der Waals surface area contributed by atoms with Crippen molar-refractivity contribution in [2.24, 2.45) is 0 Å². The maximum atomic E-state index is 14.1. The summed E-state index contributed by atoms with van der Waals surface area (Å²) in [6, 6.07) is 11.4. The third-order valence-corrected chi connectivity index (χ3v) is 3.48. The van der Waals surface area contributed by atoms with E-state index in [1.165, 1.54) is 18.2 Å². The molecule has 0 fully saturated rings. The Kier molecular flexibility index (Phi) is 5.16. The highest BCUT2D eigenvalue weighted by Gasteiger charge is 2.08. The molecule has 0 saturated heterocycles. The quantitative estimate of drug-likeness (QED) is 0.517. The van der Waals surface area contributed by atoms with Gasteiger partial charge in [-0.3, -0.25) is 4.79 Å². The predicted octanol–water partition coefficient (Wildman–Crippen LogP) is 5.75. The van der Waals surface area contributed by atoms with Gasteiger partial charge in [0.25, 0.3) is 0 Å². The van der Waals surface area contributed by atoms with Crippen LogP contribution in [0.1, 0.15) is 28.4 Å². The molecule has 0 heterocycles. The fourth-order valence-corrected chi connectivity index (χ4v) is 2.40. The van der Waals surface area contributed by atoms with Gasteiger partial charge in [-0.25, -0.2) is 4.39 Å². The van der Waals surface area contributed by atoms with E-state index in [1.54, 1.807) is 12.1 Å². The van der Waals surface area contributed by atoms with Crippen molar-refractivity contribution in [1.82, 2.24) is 0 Å². The lowest BCUT2D eigenvalue weighted by molar-refractivity contribution is 0.104. The zero-order valence-electron chi connectivity index (χ0n) is 11.4. The Morgan fingerprint density at radius 3 is 2.14 bits per heavy atom. The van der Waals surface area contributed by atoms with Crippen molar-refractivity contribution in [1.29, 1.82) is 0 Å². The van der Waals surface area contributed by atoms with Crippen molar-refractivity contribution in [2.45, 2.75) is 13.3 Å². The Labute approximate surface area is 133 Å². The zero-order chi connectivity index (χ0) is 15.4. The number of aryl methyl sites for hydroxylation is 1. The van der Waals surface area contributed by atoms with Crippen LogP contribution < -0.4 is 0 Å². The maximum Gasteiger partial charge on any atom is 0.188 e. The molecule has 4 heteroatoms. The molecule has 0 aliphatic carbocycles. The van der Waals surface area contributed by atoms with E-state index in [-0.39, 0.29) is 5.56 Å². The summed E-state index contributed by atoms with van der Waals surface area (Å²) >= 11 is 11.6. The lowest BCUT2D eigenvalue weighted by atomic mass is 10.1. The van der Waals surface area contributed by atoms with Crippen LogP contribution >= 0.6 is 23.2 Å². The van der Waals surface area contributed by atoms with Crippen LogP contribution in [0.5, 0.6) is 0 Å². The molecule has 1 nitrogen and oxygen atoms in total. The molecule has 0 unspecified atom stereocenters. The molecule has 2 aromatic rings. The molecule has 2 aromatic carbocycles. The number of hydrogen-bond donors (Lipinski definition) is 0. The number of hydrogen-bond acceptors (Lipinski definition) is 1. The number of allylic oxidation sites excluding steroid dienone is 1. The molecule has 0 radical (unpaired) electrons. The number of benzene rings is 2. The summed E-state index contributed by atoms with van der Waals surface area (Å²) in [7, 11) is 0. The summed E-state index contributed by atoms with van der Waals surface area (Å²) in [6.07, 6.45) is 1.84. The van der Waals surface area contributed by atoms with Crippen LogP contribution in [0, 0.1) is 0 Å². The van der Waals surface area contributed by atoms with Gasteiger partial charge < -0.3 is 0 Å². The summed E-state index contributed by atoms with van der Waals surface area (Å²) in [4.78, 5) is 12.0. The van der Waals surface area contributed by atoms with Crippen LogP contribution in [0.2, 0.25) is 10.0 Å². The van der Waals surface area contributed by atoms with E-state index in [0.717, 1.165) is 18.1 Å². The minimum Gasteiger partial charge on any atom is -0.289 e. The highest BCUT2D eigenvalue weighted by atomic mass is 35.5. The van der Waals surface area contributed by atoms with Gasteiger partial charge in [-0.15, -0.1) is 0 Å². The summed E-state index contributed by atoms with van der Waals surface area (Å²) < 4.78 is 14.1. The molecule has 0 bridgehead atoms. The highest BCUT2D eigenvalue weighted by molar-refractivity contribution is 6.34. The minimum absolute atomic E-state index is 0.186. The Morgan fingerprint density at radius 1 is 1.05 bits per heavy atom. The molecule has 0 spiro atoms. The van der Waals surface area contributed by atoms with E-state index in [1.807, 2.05) is 19.1 Å². The lowest BCUT2D eigenvalue weighted by Crippen LogP contribution is -1.96. The van der Waals surface area contributed by atoms with Crippen LogP contribution in [0.4, 0.5) is 4.39 Å². The smallest absolute Gasteiger partial charge is 0.188 e. The van der Waals surface area contributed by atoms with Gasteiger partial charge in [0.2, 0.25) is 0 Å². The summed E-state index contributed by atoms with van der Waals surface area (Å²) in [5, 5.41) is 0.640. The molecule has 0 aromatic heterocycles. The van der Waals surface area contributed by atoms with Crippen molar-refractivity contribution in [3.05, 3.63) is 75.3 Å². The van der Waals surface area contributed by atoms with E-state index in [9.17, 15) is 9.18 Å². The minimum atomic E-state index is -0.663. The van der Waals surface area contributed by atoms with Gasteiger partial charge in [0.05, 0.1) is 0 Å². The second-order valence-electron chi connectivity index (χ2n) is 4.57. The van der Waals surface area contributed by atoms with Gasteiger partial charge in [-0.2, -0.15) is 0 Å². The molecule has 2 rings (SSSR count). The second-order valence-corrected chi connectivity index (χ2v) is 5.44. The SMILES string of the molecule is CCc1ccc(C(=O)/C=C(\F)c2cc(Cl)cc(Cl)c2)cc1. The standard InChI is InChI=1S/C17H13Cl2FO/c1-2-11-3-5-12(6-4-11)17(21)10-16(20)13-7-14(18)9-15(19)8-13/h3-10H,2H2,1H3/b16-10-. The third-order valence-electron chi connectivity index (χ3n) is 3.04. The molecule has 21 heavy (non-hydrogen) atoms. The number of carbonyl (C=O) groups is 1. The summed E-state index contributed by atoms with van der Waals surface area (Å²) in [6.45, 7) is 2.03. The number of halogens is 3. The average Bonchev–Trinajstić information content (AvgIpc) is 2.46. The van der Waals surface area contributed by atoms with E-state index in [0.29, 0.717) is 15.6 Å². The van der Waals surface area contributed by atoms with Crippen molar-refractivity contribution in [3.63, 3.8) is 0 Å². The Morgan fingerprint density at radius 2 is 1.62 bits per heavy atom. The van der Waals surface area contributed by atoms with Gasteiger partial charge in [0.15, 0.2) is 5.78 Å². The largest absolute Gasteiger partial charge is 0.289 e. The predicted molar refractivity (Wildman–Crippen MR) is 85.7 cm³/mol. The maximum absolute atomic E-state index is 14.1. The van der Waals surface area contributed by atoms with Gasteiger partial charge in [0.1, 0.15) is 5.83 Å². The molecule has 0 N–H and O–H groups in total. The first-order valence-corrected chi connectivity index (χ1v) is 7.22. The highest BCUT2D eigenvalue weighted by Crippen LogP contribution is 2.25. The monoisotopic (exact) mass is 322 g/mol. The zero-order valence-corrected chi connectivity index (χ0v) is 12.9. The van der Waals surface area contributed by atoms with Crippen LogP contribution in [-0.2, 0) is 6.42 Å². The molecular formula is C17H13Cl2FO. The van der Waals surface area contributed by atoms with Gasteiger partial charge in [0, 0.05) is 27.2 Å². The first kappa shape index (κ1) is 15.7. The average molecular weight is 323 g/mol. The molecule has 0 saturated carbocycles. The summed E-state index contributed by atoms with van der Waals surface area (Å²) in [5.41, 5.74) is 1.75. The van der Waals surface area contributed by atoms with E-state index >= 15 is 0 Å². The fraction of sp³-hybridized carbons (Fsp3) is 0.118. The topological polar surface area (TPSA) is 17.1 Å². The van der Waals surface area contributed by atoms with Crippen LogP contribution in [-0.4, -0.2) is 5.78 Å². The Bertz CT molecular complexity index is 670. The normalized spacial score (nSPS) is 11.5. The molecule has 0 aliphatic heterocycles. The first-order chi connectivity index (χ1) is 9.99. The Hall–Kier alpha value is -1.64. The molecule has 0 aliphatic rings. The van der Waals surface area contributed by atoms with Crippen LogP contribution in [0.3, 0.4) is 0 Å². The fourth-order valence-electron chi connectivity index (χ4n) is 1.88. The first-order valence-electron chi connectivity index (χ1n) is 6.46. The lowest BCUT2D eigenvalue weighted by Gasteiger charge is -2.02. The van der Waals surface area contributed by atoms with E-state index in [2.05, 4.69) is 0 Å². The van der Waals surface area contributed by atoms with Gasteiger partial charge in [-0.1, -0.05) is 54.4 Å². The molecular weight excluding hydrogens is 310 g/mol. The second kappa shape index (κ2) is 6.88. The van der Waals surface area contributed by atoms with E-state index in [4.69, 9.17) is 23.2 Å². The summed E-state index contributed by atoms with van der Waals surface area (Å²) in [5.74, 6) is -1.06. The van der Waals surface area contributed by atoms with Crippen molar-refractivity contribution >= 4 is 34.8 Å². The number of carbonyl (C=O) groups excluding carboxylic acids is 1. The molecule has 0 amide bonds. The van der Waals surface area contributed by atoms with Crippen LogP contribution in [0.25, 0.3) is 5.83 Å². The molecule has 108 valence electrons.